The van der Waals surface area contributed by atoms with Gasteiger partial charge in [0.1, 0.15) is 6.04 Å². The van der Waals surface area contributed by atoms with Gasteiger partial charge in [0.15, 0.2) is 5.92 Å². The fraction of sp³-hybridized carbons (Fsp3) is 0.818. The van der Waals surface area contributed by atoms with Crippen LogP contribution in [0.2, 0.25) is 0 Å². The number of alkyl halides is 3. The molecule has 116 valence electrons. The fourth-order valence-corrected chi connectivity index (χ4v) is 1.95. The van der Waals surface area contributed by atoms with Gasteiger partial charge in [-0.05, 0) is 6.92 Å². The van der Waals surface area contributed by atoms with Crippen LogP contribution in [0.15, 0.2) is 0 Å². The molecule has 6 nitrogen and oxygen atoms in total. The minimum atomic E-state index is -4.85. The van der Waals surface area contributed by atoms with Gasteiger partial charge in [0.25, 0.3) is 0 Å². The Kier molecular flexibility index (Phi) is 5.75. The van der Waals surface area contributed by atoms with Crippen LogP contribution >= 0.6 is 0 Å². The third-order valence-corrected chi connectivity index (χ3v) is 3.00. The topological polar surface area (TPSA) is 78.9 Å². The van der Waals surface area contributed by atoms with Crippen molar-refractivity contribution in [3.05, 3.63) is 0 Å². The SMILES string of the molecule is CCNC(=O)C1COCCN1CC(C(=O)O)C(F)(F)F. The summed E-state index contributed by atoms with van der Waals surface area (Å²) in [5.41, 5.74) is 0. The summed E-state index contributed by atoms with van der Waals surface area (Å²) in [5, 5.41) is 11.2. The molecule has 0 radical (unpaired) electrons. The second-order valence-electron chi connectivity index (χ2n) is 4.41. The van der Waals surface area contributed by atoms with Gasteiger partial charge in [-0.1, -0.05) is 0 Å². The maximum Gasteiger partial charge on any atom is 0.403 e. The van der Waals surface area contributed by atoms with Gasteiger partial charge in [-0.15, -0.1) is 0 Å². The zero-order valence-corrected chi connectivity index (χ0v) is 10.9. The Morgan fingerprint density at radius 3 is 2.65 bits per heavy atom. The number of carbonyl (C=O) groups excluding carboxylic acids is 1. The molecule has 0 spiro atoms. The molecule has 1 saturated heterocycles. The van der Waals surface area contributed by atoms with Crippen LogP contribution in [0.25, 0.3) is 0 Å². The Morgan fingerprint density at radius 1 is 1.50 bits per heavy atom. The second kappa shape index (κ2) is 6.89. The van der Waals surface area contributed by atoms with Crippen molar-refractivity contribution in [2.24, 2.45) is 5.92 Å². The van der Waals surface area contributed by atoms with E-state index in [2.05, 4.69) is 5.32 Å². The van der Waals surface area contributed by atoms with E-state index < -0.39 is 36.6 Å². The van der Waals surface area contributed by atoms with Crippen LogP contribution in [0, 0.1) is 5.92 Å². The van der Waals surface area contributed by atoms with Crippen molar-refractivity contribution >= 4 is 11.9 Å². The van der Waals surface area contributed by atoms with E-state index in [1.807, 2.05) is 0 Å². The van der Waals surface area contributed by atoms with Crippen molar-refractivity contribution in [2.75, 3.05) is 32.8 Å². The largest absolute Gasteiger partial charge is 0.481 e. The molecule has 0 aromatic carbocycles. The summed E-state index contributed by atoms with van der Waals surface area (Å²) in [6.07, 6.45) is -4.85. The molecule has 0 aromatic rings. The number of carboxylic acids is 1. The van der Waals surface area contributed by atoms with Crippen LogP contribution in [0.1, 0.15) is 6.92 Å². The van der Waals surface area contributed by atoms with E-state index in [1.165, 1.54) is 4.90 Å². The van der Waals surface area contributed by atoms with E-state index in [-0.39, 0.29) is 19.8 Å². The first kappa shape index (κ1) is 16.7. The third kappa shape index (κ3) is 4.34. The lowest BCUT2D eigenvalue weighted by atomic mass is 10.1. The number of hydrogen-bond donors (Lipinski definition) is 2. The summed E-state index contributed by atoms with van der Waals surface area (Å²) in [6, 6.07) is -0.895. The second-order valence-corrected chi connectivity index (χ2v) is 4.41. The number of nitrogens with one attached hydrogen (secondary N) is 1. The van der Waals surface area contributed by atoms with E-state index in [1.54, 1.807) is 6.92 Å². The highest BCUT2D eigenvalue weighted by Crippen LogP contribution is 2.28. The maximum absolute atomic E-state index is 12.7. The summed E-state index contributed by atoms with van der Waals surface area (Å²) >= 11 is 0. The van der Waals surface area contributed by atoms with E-state index >= 15 is 0 Å². The Labute approximate surface area is 113 Å². The van der Waals surface area contributed by atoms with Gasteiger partial charge in [0.2, 0.25) is 5.91 Å². The van der Waals surface area contributed by atoms with E-state index in [4.69, 9.17) is 9.84 Å². The van der Waals surface area contributed by atoms with E-state index in [9.17, 15) is 22.8 Å². The Bertz CT molecular complexity index is 362. The number of likely N-dealkylation sites (N-methyl/N-ethyl adjacent to an activating group) is 1. The van der Waals surface area contributed by atoms with Crippen LogP contribution in [-0.4, -0.2) is 66.9 Å². The number of carboxylic acid groups (broad SMARTS) is 1. The van der Waals surface area contributed by atoms with E-state index in [0.717, 1.165) is 0 Å². The predicted molar refractivity (Wildman–Crippen MR) is 62.0 cm³/mol. The molecule has 1 heterocycles. The smallest absolute Gasteiger partial charge is 0.403 e. The maximum atomic E-state index is 12.7. The average molecular weight is 298 g/mol. The summed E-state index contributed by atoms with van der Waals surface area (Å²) in [5.74, 6) is -4.92. The van der Waals surface area contributed by atoms with Crippen LogP contribution < -0.4 is 5.32 Å². The number of morpholine rings is 1. The molecule has 2 unspecified atom stereocenters. The van der Waals surface area contributed by atoms with Crippen LogP contribution in [0.4, 0.5) is 13.2 Å². The first-order valence-electron chi connectivity index (χ1n) is 6.16. The van der Waals surface area contributed by atoms with Gasteiger partial charge < -0.3 is 15.2 Å². The first-order chi connectivity index (χ1) is 9.27. The molecular weight excluding hydrogens is 281 g/mol. The highest BCUT2D eigenvalue weighted by Gasteiger charge is 2.47. The number of carbonyl (C=O) groups is 2. The summed E-state index contributed by atoms with van der Waals surface area (Å²) in [6.45, 7) is 1.47. The monoisotopic (exact) mass is 298 g/mol. The molecule has 9 heteroatoms. The lowest BCUT2D eigenvalue weighted by molar-refractivity contribution is -0.200. The first-order valence-corrected chi connectivity index (χ1v) is 6.16. The lowest BCUT2D eigenvalue weighted by Gasteiger charge is -2.36. The molecule has 20 heavy (non-hydrogen) atoms. The number of rotatable bonds is 5. The van der Waals surface area contributed by atoms with Gasteiger partial charge in [-0.2, -0.15) is 13.2 Å². The summed E-state index contributed by atoms with van der Waals surface area (Å²) < 4.78 is 43.1. The number of ether oxygens (including phenoxy) is 1. The molecule has 1 aliphatic heterocycles. The van der Waals surface area contributed by atoms with Crippen molar-refractivity contribution in [3.63, 3.8) is 0 Å². The van der Waals surface area contributed by atoms with Crippen molar-refractivity contribution < 1.29 is 32.6 Å². The molecule has 1 fully saturated rings. The zero-order valence-electron chi connectivity index (χ0n) is 10.9. The van der Waals surface area contributed by atoms with Crippen LogP contribution in [-0.2, 0) is 14.3 Å². The van der Waals surface area contributed by atoms with Crippen molar-refractivity contribution in [1.29, 1.82) is 0 Å². The lowest BCUT2D eigenvalue weighted by Crippen LogP contribution is -2.56. The molecule has 0 bridgehead atoms. The number of halogens is 3. The van der Waals surface area contributed by atoms with Gasteiger partial charge in [-0.25, -0.2) is 0 Å². The zero-order chi connectivity index (χ0) is 15.3. The van der Waals surface area contributed by atoms with E-state index in [0.29, 0.717) is 6.54 Å². The minimum absolute atomic E-state index is 0.0456. The van der Waals surface area contributed by atoms with Crippen molar-refractivity contribution in [2.45, 2.75) is 19.1 Å². The molecule has 1 amide bonds. The number of aliphatic carboxylic acids is 1. The normalized spacial score (nSPS) is 22.3. The highest BCUT2D eigenvalue weighted by molar-refractivity contribution is 5.82. The summed E-state index contributed by atoms with van der Waals surface area (Å²) in [4.78, 5) is 23.7. The molecule has 2 N–H and O–H groups in total. The minimum Gasteiger partial charge on any atom is -0.481 e. The number of nitrogens with zero attached hydrogens (tertiary/aromatic N) is 1. The van der Waals surface area contributed by atoms with Gasteiger partial charge in [0, 0.05) is 19.6 Å². The Hall–Kier alpha value is -1.35. The Balaban J connectivity index is 2.79. The predicted octanol–water partition coefficient (Wildman–Crippen LogP) is 0.0864. The van der Waals surface area contributed by atoms with Crippen LogP contribution in [0.5, 0.6) is 0 Å². The molecular formula is C11H17F3N2O4. The Morgan fingerprint density at radius 2 is 2.15 bits per heavy atom. The molecule has 0 aliphatic carbocycles. The van der Waals surface area contributed by atoms with Crippen molar-refractivity contribution in [1.82, 2.24) is 10.2 Å². The average Bonchev–Trinajstić information content (AvgIpc) is 2.34. The standard InChI is InChI=1S/C11H17F3N2O4/c1-2-15-9(17)8-6-20-4-3-16(8)5-7(10(18)19)11(12,13)14/h7-8H,2-6H2,1H3,(H,15,17)(H,18,19). The molecule has 1 aliphatic rings. The summed E-state index contributed by atoms with van der Waals surface area (Å²) in [7, 11) is 0. The van der Waals surface area contributed by atoms with Crippen molar-refractivity contribution in [3.8, 4) is 0 Å². The number of hydrogen-bond acceptors (Lipinski definition) is 4. The number of amides is 1. The van der Waals surface area contributed by atoms with Crippen LogP contribution in [0.3, 0.4) is 0 Å². The molecule has 1 rings (SSSR count). The highest BCUT2D eigenvalue weighted by atomic mass is 19.4. The van der Waals surface area contributed by atoms with Gasteiger partial charge >= 0.3 is 12.1 Å². The molecule has 2 atom stereocenters. The fourth-order valence-electron chi connectivity index (χ4n) is 1.95. The quantitative estimate of drug-likeness (QED) is 0.752. The molecule has 0 saturated carbocycles. The van der Waals surface area contributed by atoms with Gasteiger partial charge in [-0.3, -0.25) is 14.5 Å². The van der Waals surface area contributed by atoms with Gasteiger partial charge in [0.05, 0.1) is 13.2 Å². The molecule has 0 aromatic heterocycles. The third-order valence-electron chi connectivity index (χ3n) is 3.00.